The first-order chi connectivity index (χ1) is 14.8. The fourth-order valence-electron chi connectivity index (χ4n) is 4.74. The monoisotopic (exact) mass is 462 g/mol. The van der Waals surface area contributed by atoms with Gasteiger partial charge < -0.3 is 10.6 Å². The number of hydrogen-bond donors (Lipinski definition) is 3. The van der Waals surface area contributed by atoms with Crippen LogP contribution in [0.1, 0.15) is 56.7 Å². The third kappa shape index (κ3) is 5.30. The van der Waals surface area contributed by atoms with Gasteiger partial charge in [0.2, 0.25) is 10.0 Å². The zero-order valence-corrected chi connectivity index (χ0v) is 20.3. The maximum atomic E-state index is 13.0. The molecule has 8 heteroatoms. The van der Waals surface area contributed by atoms with E-state index >= 15 is 0 Å². The van der Waals surface area contributed by atoms with E-state index in [-0.39, 0.29) is 6.04 Å². The lowest BCUT2D eigenvalue weighted by molar-refractivity contribution is 0.328. The molecule has 1 aliphatic heterocycles. The minimum absolute atomic E-state index is 0.0460. The van der Waals surface area contributed by atoms with Gasteiger partial charge in [0.1, 0.15) is 0 Å². The normalized spacial score (nSPS) is 21.3. The van der Waals surface area contributed by atoms with E-state index in [2.05, 4.69) is 22.3 Å². The van der Waals surface area contributed by atoms with Crippen LogP contribution in [-0.2, 0) is 10.0 Å². The first kappa shape index (κ1) is 22.7. The predicted molar refractivity (Wildman–Crippen MR) is 128 cm³/mol. The zero-order valence-electron chi connectivity index (χ0n) is 18.7. The molecule has 2 heterocycles. The summed E-state index contributed by atoms with van der Waals surface area (Å²) in [5, 5.41) is 7.75. The molecule has 170 valence electrons. The molecule has 0 spiro atoms. The summed E-state index contributed by atoms with van der Waals surface area (Å²) < 4.78 is 28.9. The molecule has 3 N–H and O–H groups in total. The van der Waals surface area contributed by atoms with E-state index in [1.807, 2.05) is 26.0 Å². The molecule has 1 saturated carbocycles. The molecule has 6 nitrogen and oxygen atoms in total. The highest BCUT2D eigenvalue weighted by Gasteiger charge is 2.25. The molecule has 2 aromatic rings. The van der Waals surface area contributed by atoms with Crippen LogP contribution in [0.25, 0.3) is 10.4 Å². The van der Waals surface area contributed by atoms with Gasteiger partial charge in [-0.05, 0) is 69.7 Å². The molecular weight excluding hydrogens is 428 g/mol. The SMILES string of the molecule is Cc1ccc(-c2sc(N[C@H](C)C3CCCCC3)nc2C)cc1S(=O)(=O)N[C@@H]1CCNC1. The van der Waals surface area contributed by atoms with Crippen molar-refractivity contribution in [3.8, 4) is 10.4 Å². The third-order valence-corrected chi connectivity index (χ3v) is 9.43. The van der Waals surface area contributed by atoms with Gasteiger partial charge in [0.05, 0.1) is 15.5 Å². The van der Waals surface area contributed by atoms with Gasteiger partial charge in [0, 0.05) is 18.6 Å². The van der Waals surface area contributed by atoms with Crippen molar-refractivity contribution < 1.29 is 8.42 Å². The summed E-state index contributed by atoms with van der Waals surface area (Å²) in [5.74, 6) is 0.702. The Kier molecular flexibility index (Phi) is 7.01. The van der Waals surface area contributed by atoms with Crippen LogP contribution >= 0.6 is 11.3 Å². The van der Waals surface area contributed by atoms with Crippen molar-refractivity contribution in [1.29, 1.82) is 0 Å². The number of aromatic nitrogens is 1. The largest absolute Gasteiger partial charge is 0.359 e. The van der Waals surface area contributed by atoms with Crippen molar-refractivity contribution in [3.05, 3.63) is 29.5 Å². The number of thiazole rings is 1. The highest BCUT2D eigenvalue weighted by atomic mass is 32.2. The molecule has 1 aliphatic carbocycles. The van der Waals surface area contributed by atoms with Crippen molar-refractivity contribution in [3.63, 3.8) is 0 Å². The van der Waals surface area contributed by atoms with Crippen LogP contribution in [0.3, 0.4) is 0 Å². The van der Waals surface area contributed by atoms with Gasteiger partial charge in [-0.1, -0.05) is 42.7 Å². The lowest BCUT2D eigenvalue weighted by Gasteiger charge is -2.28. The van der Waals surface area contributed by atoms with Crippen LogP contribution in [0.5, 0.6) is 0 Å². The summed E-state index contributed by atoms with van der Waals surface area (Å²) in [5.41, 5.74) is 2.60. The second kappa shape index (κ2) is 9.57. The molecule has 2 fully saturated rings. The Labute approximate surface area is 190 Å². The van der Waals surface area contributed by atoms with Crippen LogP contribution in [0.2, 0.25) is 0 Å². The highest BCUT2D eigenvalue weighted by Crippen LogP contribution is 2.36. The fraction of sp³-hybridized carbons (Fsp3) is 0.609. The Morgan fingerprint density at radius 3 is 2.65 bits per heavy atom. The van der Waals surface area contributed by atoms with E-state index in [1.165, 1.54) is 32.1 Å². The zero-order chi connectivity index (χ0) is 22.0. The minimum Gasteiger partial charge on any atom is -0.359 e. The molecule has 4 rings (SSSR count). The van der Waals surface area contributed by atoms with Gasteiger partial charge in [-0.25, -0.2) is 18.1 Å². The second-order valence-corrected chi connectivity index (χ2v) is 11.7. The predicted octanol–water partition coefficient (Wildman–Crippen LogP) is 4.45. The topological polar surface area (TPSA) is 83.1 Å². The second-order valence-electron chi connectivity index (χ2n) is 9.06. The van der Waals surface area contributed by atoms with Crippen LogP contribution < -0.4 is 15.4 Å². The quantitative estimate of drug-likeness (QED) is 0.566. The van der Waals surface area contributed by atoms with E-state index in [9.17, 15) is 8.42 Å². The van der Waals surface area contributed by atoms with Crippen LogP contribution in [-0.4, -0.2) is 38.6 Å². The minimum atomic E-state index is -3.57. The Morgan fingerprint density at radius 1 is 1.16 bits per heavy atom. The molecular formula is C23H34N4O2S2. The van der Waals surface area contributed by atoms with Crippen molar-refractivity contribution in [2.24, 2.45) is 5.92 Å². The first-order valence-electron chi connectivity index (χ1n) is 11.4. The number of sulfonamides is 1. The van der Waals surface area contributed by atoms with Crippen LogP contribution in [0.4, 0.5) is 5.13 Å². The molecule has 1 aromatic carbocycles. The van der Waals surface area contributed by atoms with Gasteiger partial charge in [0.15, 0.2) is 5.13 Å². The number of nitrogens with zero attached hydrogens (tertiary/aromatic N) is 1. The first-order valence-corrected chi connectivity index (χ1v) is 13.7. The Balaban J connectivity index is 1.55. The maximum absolute atomic E-state index is 13.0. The summed E-state index contributed by atoms with van der Waals surface area (Å²) >= 11 is 1.62. The van der Waals surface area contributed by atoms with Gasteiger partial charge in [0.25, 0.3) is 0 Å². The lowest BCUT2D eigenvalue weighted by atomic mass is 9.85. The lowest BCUT2D eigenvalue weighted by Crippen LogP contribution is -2.36. The van der Waals surface area contributed by atoms with Crippen molar-refractivity contribution in [2.45, 2.75) is 76.3 Å². The van der Waals surface area contributed by atoms with Crippen LogP contribution in [0.15, 0.2) is 23.1 Å². The molecule has 0 amide bonds. The molecule has 0 unspecified atom stereocenters. The smallest absolute Gasteiger partial charge is 0.241 e. The average Bonchev–Trinajstić information content (AvgIpc) is 3.38. The summed E-state index contributed by atoms with van der Waals surface area (Å²) in [6.07, 6.45) is 7.39. The number of nitrogens with one attached hydrogen (secondary N) is 3. The third-order valence-electron chi connectivity index (χ3n) is 6.63. The van der Waals surface area contributed by atoms with Gasteiger partial charge in [-0.15, -0.1) is 0 Å². The van der Waals surface area contributed by atoms with Gasteiger partial charge in [-0.2, -0.15) is 0 Å². The summed E-state index contributed by atoms with van der Waals surface area (Å²) in [7, 11) is -3.57. The van der Waals surface area contributed by atoms with E-state index in [0.29, 0.717) is 23.4 Å². The number of rotatable bonds is 7. The highest BCUT2D eigenvalue weighted by molar-refractivity contribution is 7.89. The number of benzene rings is 1. The fourth-order valence-corrected chi connectivity index (χ4v) is 7.34. The Morgan fingerprint density at radius 2 is 1.94 bits per heavy atom. The number of anilines is 1. The molecule has 2 atom stereocenters. The summed E-state index contributed by atoms with van der Waals surface area (Å²) in [6, 6.07) is 6.05. The van der Waals surface area contributed by atoms with E-state index in [1.54, 1.807) is 17.4 Å². The summed E-state index contributed by atoms with van der Waals surface area (Å²) in [4.78, 5) is 6.13. The van der Waals surface area contributed by atoms with Crippen molar-refractivity contribution in [2.75, 3.05) is 18.4 Å². The molecule has 31 heavy (non-hydrogen) atoms. The summed E-state index contributed by atoms with van der Waals surface area (Å²) in [6.45, 7) is 7.64. The molecule has 1 saturated heterocycles. The molecule has 0 radical (unpaired) electrons. The Bertz CT molecular complexity index is 1010. The number of hydrogen-bond acceptors (Lipinski definition) is 6. The molecule has 0 bridgehead atoms. The average molecular weight is 463 g/mol. The molecule has 1 aromatic heterocycles. The Hall–Kier alpha value is -1.48. The van der Waals surface area contributed by atoms with Gasteiger partial charge >= 0.3 is 0 Å². The van der Waals surface area contributed by atoms with Crippen LogP contribution in [0, 0.1) is 19.8 Å². The van der Waals surface area contributed by atoms with E-state index in [4.69, 9.17) is 4.98 Å². The van der Waals surface area contributed by atoms with Gasteiger partial charge in [-0.3, -0.25) is 0 Å². The molecule has 2 aliphatic rings. The standard InChI is InChI=1S/C23H34N4O2S2/c1-15-9-10-19(13-21(15)31(28,29)27-20-11-12-24-14-20)22-17(3)26-23(30-22)25-16(2)18-7-5-4-6-8-18/h9-10,13,16,18,20,24,27H,4-8,11-12,14H2,1-3H3,(H,25,26)/t16-,20-/m1/s1. The van der Waals surface area contributed by atoms with Crippen molar-refractivity contribution in [1.82, 2.24) is 15.0 Å². The van der Waals surface area contributed by atoms with E-state index < -0.39 is 10.0 Å². The van der Waals surface area contributed by atoms with E-state index in [0.717, 1.165) is 39.8 Å². The maximum Gasteiger partial charge on any atom is 0.241 e. The van der Waals surface area contributed by atoms with Crippen molar-refractivity contribution >= 4 is 26.5 Å². The number of aryl methyl sites for hydroxylation is 2.